The second-order valence-corrected chi connectivity index (χ2v) is 7.50. The van der Waals surface area contributed by atoms with Gasteiger partial charge in [0.05, 0.1) is 17.9 Å². The smallest absolute Gasteiger partial charge is 0.255 e. The minimum atomic E-state index is -3.14. The summed E-state index contributed by atoms with van der Waals surface area (Å²) < 4.78 is 36.8. The van der Waals surface area contributed by atoms with Crippen LogP contribution in [0, 0.1) is 6.92 Å². The first kappa shape index (κ1) is 14.0. The third-order valence-corrected chi connectivity index (χ3v) is 5.94. The molecule has 7 nitrogen and oxygen atoms in total. The van der Waals surface area contributed by atoms with Crippen molar-refractivity contribution < 1.29 is 17.7 Å². The van der Waals surface area contributed by atoms with Gasteiger partial charge in [-0.05, 0) is 33.1 Å². The molecule has 0 amide bonds. The standard InChI is InChI=1S/C12H19N3O4S/c1-3-20(16,17)15-7-6-10-9(15)4-5-11(18-10)12-13-8(2)14-19-12/h9-11H,3-7H2,1-2H3/t9-,10-,11+/m1/s1. The Morgan fingerprint density at radius 1 is 1.35 bits per heavy atom. The van der Waals surface area contributed by atoms with Crippen molar-refractivity contribution in [2.45, 2.75) is 51.4 Å². The van der Waals surface area contributed by atoms with Gasteiger partial charge in [-0.25, -0.2) is 8.42 Å². The summed E-state index contributed by atoms with van der Waals surface area (Å²) in [5.74, 6) is 1.23. The Hall–Kier alpha value is -0.990. The molecule has 1 aromatic rings. The first-order valence-electron chi connectivity index (χ1n) is 6.96. The molecule has 3 atom stereocenters. The van der Waals surface area contributed by atoms with Crippen LogP contribution in [0.5, 0.6) is 0 Å². The first-order chi connectivity index (χ1) is 9.51. The van der Waals surface area contributed by atoms with Gasteiger partial charge in [0.2, 0.25) is 10.0 Å². The molecule has 0 radical (unpaired) electrons. The second kappa shape index (κ2) is 5.09. The maximum absolute atomic E-state index is 12.0. The van der Waals surface area contributed by atoms with Crippen LogP contribution in [0.4, 0.5) is 0 Å². The predicted molar refractivity (Wildman–Crippen MR) is 70.5 cm³/mol. The lowest BCUT2D eigenvalue weighted by molar-refractivity contribution is -0.0753. The van der Waals surface area contributed by atoms with Crippen LogP contribution in [0.3, 0.4) is 0 Å². The van der Waals surface area contributed by atoms with Crippen molar-refractivity contribution in [2.24, 2.45) is 0 Å². The van der Waals surface area contributed by atoms with Crippen molar-refractivity contribution in [3.05, 3.63) is 11.7 Å². The highest BCUT2D eigenvalue weighted by Crippen LogP contribution is 2.38. The van der Waals surface area contributed by atoms with Gasteiger partial charge in [-0.3, -0.25) is 0 Å². The topological polar surface area (TPSA) is 85.5 Å². The van der Waals surface area contributed by atoms with Crippen molar-refractivity contribution in [3.8, 4) is 0 Å². The van der Waals surface area contributed by atoms with Crippen LogP contribution in [-0.4, -0.2) is 47.3 Å². The number of aryl methyl sites for hydroxylation is 1. The van der Waals surface area contributed by atoms with E-state index in [0.29, 0.717) is 24.7 Å². The summed E-state index contributed by atoms with van der Waals surface area (Å²) in [5.41, 5.74) is 0. The number of hydrogen-bond acceptors (Lipinski definition) is 6. The van der Waals surface area contributed by atoms with Crippen molar-refractivity contribution in [3.63, 3.8) is 0 Å². The van der Waals surface area contributed by atoms with E-state index < -0.39 is 10.0 Å². The Kier molecular flexibility index (Phi) is 3.55. The molecular formula is C12H19N3O4S. The highest BCUT2D eigenvalue weighted by molar-refractivity contribution is 7.89. The van der Waals surface area contributed by atoms with E-state index in [4.69, 9.17) is 9.26 Å². The van der Waals surface area contributed by atoms with E-state index in [0.717, 1.165) is 12.8 Å². The second-order valence-electron chi connectivity index (χ2n) is 5.29. The van der Waals surface area contributed by atoms with Gasteiger partial charge >= 0.3 is 0 Å². The average Bonchev–Trinajstić information content (AvgIpc) is 3.04. The SMILES string of the molecule is CCS(=O)(=O)N1CC[C@H]2O[C@H](c3nc(C)no3)CC[C@H]21. The summed E-state index contributed by atoms with van der Waals surface area (Å²) in [6.07, 6.45) is 1.94. The van der Waals surface area contributed by atoms with E-state index in [-0.39, 0.29) is 24.0 Å². The Balaban J connectivity index is 1.73. The van der Waals surface area contributed by atoms with Crippen molar-refractivity contribution in [1.82, 2.24) is 14.4 Å². The lowest BCUT2D eigenvalue weighted by Gasteiger charge is -2.34. The Morgan fingerprint density at radius 3 is 2.80 bits per heavy atom. The van der Waals surface area contributed by atoms with Gasteiger partial charge in [-0.15, -0.1) is 0 Å². The molecule has 3 heterocycles. The number of aromatic nitrogens is 2. The van der Waals surface area contributed by atoms with Crippen LogP contribution in [-0.2, 0) is 14.8 Å². The van der Waals surface area contributed by atoms with Crippen molar-refractivity contribution in [2.75, 3.05) is 12.3 Å². The largest absolute Gasteiger partial charge is 0.363 e. The lowest BCUT2D eigenvalue weighted by Crippen LogP contribution is -2.43. The quantitative estimate of drug-likeness (QED) is 0.828. The summed E-state index contributed by atoms with van der Waals surface area (Å²) >= 11 is 0. The van der Waals surface area contributed by atoms with Gasteiger partial charge in [0.15, 0.2) is 5.82 Å². The van der Waals surface area contributed by atoms with Gasteiger partial charge in [0, 0.05) is 6.54 Å². The minimum absolute atomic E-state index is 0.0415. The maximum Gasteiger partial charge on any atom is 0.255 e. The fraction of sp³-hybridized carbons (Fsp3) is 0.833. The molecule has 112 valence electrons. The number of nitrogens with zero attached hydrogens (tertiary/aromatic N) is 3. The molecular weight excluding hydrogens is 282 g/mol. The van der Waals surface area contributed by atoms with Crippen LogP contribution in [0.2, 0.25) is 0 Å². The average molecular weight is 301 g/mol. The number of fused-ring (bicyclic) bond motifs is 1. The molecule has 20 heavy (non-hydrogen) atoms. The van der Waals surface area contributed by atoms with Gasteiger partial charge in [0.1, 0.15) is 6.10 Å². The van der Waals surface area contributed by atoms with E-state index in [1.165, 1.54) is 0 Å². The molecule has 0 unspecified atom stereocenters. The summed E-state index contributed by atoms with van der Waals surface area (Å²) in [4.78, 5) is 4.20. The third-order valence-electron chi connectivity index (χ3n) is 4.04. The predicted octanol–water partition coefficient (Wildman–Crippen LogP) is 1.02. The van der Waals surface area contributed by atoms with Gasteiger partial charge in [0.25, 0.3) is 5.89 Å². The highest BCUT2D eigenvalue weighted by Gasteiger charge is 2.45. The van der Waals surface area contributed by atoms with Crippen molar-refractivity contribution in [1.29, 1.82) is 0 Å². The van der Waals surface area contributed by atoms with E-state index in [1.54, 1.807) is 18.2 Å². The van der Waals surface area contributed by atoms with Crippen molar-refractivity contribution >= 4 is 10.0 Å². The molecule has 3 rings (SSSR count). The molecule has 0 N–H and O–H groups in total. The van der Waals surface area contributed by atoms with E-state index in [1.807, 2.05) is 0 Å². The van der Waals surface area contributed by atoms with E-state index >= 15 is 0 Å². The lowest BCUT2D eigenvalue weighted by atomic mass is 10.00. The van der Waals surface area contributed by atoms with Gasteiger partial charge in [-0.2, -0.15) is 9.29 Å². The molecule has 0 bridgehead atoms. The number of ether oxygens (including phenoxy) is 1. The van der Waals surface area contributed by atoms with Gasteiger partial charge < -0.3 is 9.26 Å². The monoisotopic (exact) mass is 301 g/mol. The Labute approximate surface area is 118 Å². The minimum Gasteiger partial charge on any atom is -0.363 e. The first-order valence-corrected chi connectivity index (χ1v) is 8.57. The number of sulfonamides is 1. The molecule has 8 heteroatoms. The maximum atomic E-state index is 12.0. The van der Waals surface area contributed by atoms with Crippen LogP contribution in [0.25, 0.3) is 0 Å². The van der Waals surface area contributed by atoms with E-state index in [2.05, 4.69) is 10.1 Å². The molecule has 2 saturated heterocycles. The summed E-state index contributed by atoms with van der Waals surface area (Å²) in [6, 6.07) is -0.0415. The molecule has 1 aromatic heterocycles. The fourth-order valence-corrected chi connectivity index (χ4v) is 4.39. The molecule has 2 aliphatic rings. The molecule has 2 aliphatic heterocycles. The fourth-order valence-electron chi connectivity index (χ4n) is 3.02. The zero-order valence-electron chi connectivity index (χ0n) is 11.7. The van der Waals surface area contributed by atoms with E-state index in [9.17, 15) is 8.42 Å². The Bertz CT molecular complexity index is 585. The molecule has 0 aliphatic carbocycles. The highest BCUT2D eigenvalue weighted by atomic mass is 32.2. The van der Waals surface area contributed by atoms with Crippen LogP contribution >= 0.6 is 0 Å². The molecule has 0 aromatic carbocycles. The molecule has 0 saturated carbocycles. The summed E-state index contributed by atoms with van der Waals surface area (Å²) in [7, 11) is -3.14. The molecule has 2 fully saturated rings. The number of rotatable bonds is 3. The van der Waals surface area contributed by atoms with Gasteiger partial charge in [-0.1, -0.05) is 5.16 Å². The third kappa shape index (κ3) is 2.36. The summed E-state index contributed by atoms with van der Waals surface area (Å²) in [5, 5.41) is 3.77. The Morgan fingerprint density at radius 2 is 2.15 bits per heavy atom. The van der Waals surface area contributed by atoms with Crippen LogP contribution in [0.1, 0.15) is 44.0 Å². The normalized spacial score (nSPS) is 31.4. The van der Waals surface area contributed by atoms with Crippen LogP contribution in [0.15, 0.2) is 4.52 Å². The molecule has 0 spiro atoms. The number of hydrogen-bond donors (Lipinski definition) is 0. The zero-order chi connectivity index (χ0) is 14.3. The van der Waals surface area contributed by atoms with Crippen LogP contribution < -0.4 is 0 Å². The summed E-state index contributed by atoms with van der Waals surface area (Å²) in [6.45, 7) is 3.99. The zero-order valence-corrected chi connectivity index (χ0v) is 12.5.